The molecule has 0 bridgehead atoms. The summed E-state index contributed by atoms with van der Waals surface area (Å²) in [7, 11) is 0. The fourth-order valence-electron chi connectivity index (χ4n) is 1.51. The number of H-pyrrole nitrogens is 1. The van der Waals surface area contributed by atoms with Gasteiger partial charge in [-0.1, -0.05) is 0 Å². The number of imidazole rings is 1. The number of aromatic nitrogens is 3. The van der Waals surface area contributed by atoms with Crippen LogP contribution >= 0.6 is 11.5 Å². The molecule has 2 rings (SSSR count). The summed E-state index contributed by atoms with van der Waals surface area (Å²) < 4.78 is 9.77. The standard InChI is InChI=1S/C11H17N5OS/c1-6(2)17-8-9(12)16-18-11(8)15-7(3)10-13-4-5-14-10/h4-7,15H,1-3H3,(H2,12,16)(H,13,14). The number of hydrogen-bond donors (Lipinski definition) is 3. The van der Waals surface area contributed by atoms with Gasteiger partial charge in [0.25, 0.3) is 0 Å². The summed E-state index contributed by atoms with van der Waals surface area (Å²) in [5.74, 6) is 1.90. The molecule has 0 saturated heterocycles. The first-order chi connectivity index (χ1) is 8.58. The Balaban J connectivity index is 2.14. The number of anilines is 2. The lowest BCUT2D eigenvalue weighted by atomic mass is 10.3. The summed E-state index contributed by atoms with van der Waals surface area (Å²) in [6.07, 6.45) is 3.57. The van der Waals surface area contributed by atoms with E-state index >= 15 is 0 Å². The third kappa shape index (κ3) is 2.73. The van der Waals surface area contributed by atoms with E-state index in [1.165, 1.54) is 11.5 Å². The monoisotopic (exact) mass is 267 g/mol. The van der Waals surface area contributed by atoms with Crippen molar-refractivity contribution in [3.63, 3.8) is 0 Å². The average molecular weight is 267 g/mol. The van der Waals surface area contributed by atoms with Gasteiger partial charge in [-0.3, -0.25) is 0 Å². The van der Waals surface area contributed by atoms with Gasteiger partial charge in [-0.25, -0.2) is 4.98 Å². The van der Waals surface area contributed by atoms with Crippen molar-refractivity contribution in [3.8, 4) is 5.75 Å². The Morgan fingerprint density at radius 3 is 2.83 bits per heavy atom. The molecule has 18 heavy (non-hydrogen) atoms. The van der Waals surface area contributed by atoms with Gasteiger partial charge in [0.15, 0.2) is 16.6 Å². The molecule has 0 aliphatic heterocycles. The van der Waals surface area contributed by atoms with Crippen molar-refractivity contribution < 1.29 is 4.74 Å². The Hall–Kier alpha value is -1.76. The van der Waals surface area contributed by atoms with Crippen LogP contribution in [0.1, 0.15) is 32.6 Å². The van der Waals surface area contributed by atoms with Crippen LogP contribution in [0.15, 0.2) is 12.4 Å². The molecule has 2 heterocycles. The molecule has 1 atom stereocenters. The smallest absolute Gasteiger partial charge is 0.197 e. The summed E-state index contributed by atoms with van der Waals surface area (Å²) in [5.41, 5.74) is 5.79. The number of hydrogen-bond acceptors (Lipinski definition) is 6. The van der Waals surface area contributed by atoms with Gasteiger partial charge in [0.1, 0.15) is 5.82 Å². The normalized spacial score (nSPS) is 12.7. The van der Waals surface area contributed by atoms with Crippen LogP contribution in [-0.2, 0) is 0 Å². The first-order valence-electron chi connectivity index (χ1n) is 5.75. The molecule has 0 amide bonds. The fraction of sp³-hybridized carbons (Fsp3) is 0.455. The molecule has 1 unspecified atom stereocenters. The number of nitrogens with zero attached hydrogens (tertiary/aromatic N) is 2. The van der Waals surface area contributed by atoms with Crippen LogP contribution in [0.4, 0.5) is 10.8 Å². The van der Waals surface area contributed by atoms with Crippen LogP contribution in [0.3, 0.4) is 0 Å². The van der Waals surface area contributed by atoms with Crippen molar-refractivity contribution in [1.29, 1.82) is 0 Å². The van der Waals surface area contributed by atoms with E-state index in [1.54, 1.807) is 12.4 Å². The van der Waals surface area contributed by atoms with Crippen LogP contribution in [0.2, 0.25) is 0 Å². The zero-order valence-electron chi connectivity index (χ0n) is 10.6. The molecular weight excluding hydrogens is 250 g/mol. The minimum Gasteiger partial charge on any atom is -0.484 e. The van der Waals surface area contributed by atoms with Crippen LogP contribution in [0.25, 0.3) is 0 Å². The zero-order valence-corrected chi connectivity index (χ0v) is 11.4. The molecule has 4 N–H and O–H groups in total. The van der Waals surface area contributed by atoms with E-state index < -0.39 is 0 Å². The Morgan fingerprint density at radius 2 is 2.22 bits per heavy atom. The van der Waals surface area contributed by atoms with Crippen molar-refractivity contribution in [1.82, 2.24) is 14.3 Å². The SMILES string of the molecule is CC(C)Oc1c(N)nsc1NC(C)c1ncc[nH]1. The topological polar surface area (TPSA) is 88.8 Å². The van der Waals surface area contributed by atoms with Crippen LogP contribution < -0.4 is 15.8 Å². The number of ether oxygens (including phenoxy) is 1. The van der Waals surface area contributed by atoms with Gasteiger partial charge >= 0.3 is 0 Å². The van der Waals surface area contributed by atoms with Gasteiger partial charge in [0.05, 0.1) is 12.1 Å². The highest BCUT2D eigenvalue weighted by Crippen LogP contribution is 2.37. The Bertz CT molecular complexity index is 494. The molecule has 2 aromatic heterocycles. The van der Waals surface area contributed by atoms with E-state index in [2.05, 4.69) is 19.7 Å². The number of nitrogens with one attached hydrogen (secondary N) is 2. The maximum Gasteiger partial charge on any atom is 0.197 e. The van der Waals surface area contributed by atoms with Crippen molar-refractivity contribution in [2.24, 2.45) is 0 Å². The van der Waals surface area contributed by atoms with Gasteiger partial charge in [-0.15, -0.1) is 0 Å². The number of rotatable bonds is 5. The van der Waals surface area contributed by atoms with Crippen molar-refractivity contribution >= 4 is 22.4 Å². The number of nitrogens with two attached hydrogens (primary N) is 1. The molecule has 7 heteroatoms. The van der Waals surface area contributed by atoms with E-state index in [-0.39, 0.29) is 12.1 Å². The molecule has 2 aromatic rings. The molecule has 0 saturated carbocycles. The lowest BCUT2D eigenvalue weighted by Gasteiger charge is -2.14. The molecular formula is C11H17N5OS. The second-order valence-electron chi connectivity index (χ2n) is 4.23. The van der Waals surface area contributed by atoms with Crippen LogP contribution in [0, 0.1) is 0 Å². The Kier molecular flexibility index (Phi) is 3.71. The third-order valence-corrected chi connectivity index (χ3v) is 3.08. The Morgan fingerprint density at radius 1 is 1.44 bits per heavy atom. The van der Waals surface area contributed by atoms with E-state index in [0.29, 0.717) is 11.6 Å². The summed E-state index contributed by atoms with van der Waals surface area (Å²) in [4.78, 5) is 7.27. The summed E-state index contributed by atoms with van der Waals surface area (Å²) in [6.45, 7) is 5.92. The van der Waals surface area contributed by atoms with Gasteiger partial charge < -0.3 is 20.8 Å². The molecule has 0 aliphatic carbocycles. The van der Waals surface area contributed by atoms with Gasteiger partial charge in [0.2, 0.25) is 0 Å². The summed E-state index contributed by atoms with van der Waals surface area (Å²) in [6, 6.07) is 0.0364. The highest BCUT2D eigenvalue weighted by molar-refractivity contribution is 7.11. The van der Waals surface area contributed by atoms with Crippen LogP contribution in [-0.4, -0.2) is 20.4 Å². The predicted octanol–water partition coefficient (Wildman–Crippen LogP) is 2.41. The minimum atomic E-state index is 0.0364. The maximum absolute atomic E-state index is 5.79. The minimum absolute atomic E-state index is 0.0364. The van der Waals surface area contributed by atoms with E-state index in [4.69, 9.17) is 10.5 Å². The maximum atomic E-state index is 5.79. The second-order valence-corrected chi connectivity index (χ2v) is 5.01. The Labute approximate surface area is 110 Å². The quantitative estimate of drug-likeness (QED) is 0.774. The summed E-state index contributed by atoms with van der Waals surface area (Å²) >= 11 is 1.29. The van der Waals surface area contributed by atoms with E-state index in [0.717, 1.165) is 10.8 Å². The molecule has 0 aromatic carbocycles. The highest BCUT2D eigenvalue weighted by Gasteiger charge is 2.17. The third-order valence-electron chi connectivity index (χ3n) is 2.30. The molecule has 98 valence electrons. The predicted molar refractivity (Wildman–Crippen MR) is 72.9 cm³/mol. The zero-order chi connectivity index (χ0) is 13.1. The van der Waals surface area contributed by atoms with Gasteiger partial charge in [-0.05, 0) is 32.3 Å². The van der Waals surface area contributed by atoms with E-state index in [9.17, 15) is 0 Å². The molecule has 0 aliphatic rings. The first-order valence-corrected chi connectivity index (χ1v) is 6.53. The van der Waals surface area contributed by atoms with Crippen LogP contribution in [0.5, 0.6) is 5.75 Å². The number of nitrogen functional groups attached to an aromatic ring is 1. The van der Waals surface area contributed by atoms with Crippen molar-refractivity contribution in [3.05, 3.63) is 18.2 Å². The first kappa shape index (κ1) is 12.7. The fourth-order valence-corrected chi connectivity index (χ4v) is 2.25. The molecule has 0 radical (unpaired) electrons. The van der Waals surface area contributed by atoms with Crippen molar-refractivity contribution in [2.45, 2.75) is 32.9 Å². The van der Waals surface area contributed by atoms with Crippen molar-refractivity contribution in [2.75, 3.05) is 11.1 Å². The molecule has 6 nitrogen and oxygen atoms in total. The summed E-state index contributed by atoms with van der Waals surface area (Å²) in [5, 5.41) is 4.12. The lowest BCUT2D eigenvalue weighted by molar-refractivity contribution is 0.245. The van der Waals surface area contributed by atoms with E-state index in [1.807, 2.05) is 20.8 Å². The molecule has 0 fully saturated rings. The van der Waals surface area contributed by atoms with Gasteiger partial charge in [-0.2, -0.15) is 4.37 Å². The average Bonchev–Trinajstić information content (AvgIpc) is 2.93. The highest BCUT2D eigenvalue weighted by atomic mass is 32.1. The lowest BCUT2D eigenvalue weighted by Crippen LogP contribution is -2.11. The molecule has 0 spiro atoms. The van der Waals surface area contributed by atoms with Gasteiger partial charge in [0, 0.05) is 12.4 Å². The second kappa shape index (κ2) is 5.26. The largest absolute Gasteiger partial charge is 0.484 e. The number of aromatic amines is 1.